The summed E-state index contributed by atoms with van der Waals surface area (Å²) in [5.74, 6) is 0.394. The molecule has 0 radical (unpaired) electrons. The van der Waals surface area contributed by atoms with Gasteiger partial charge in [-0.2, -0.15) is 15.0 Å². The summed E-state index contributed by atoms with van der Waals surface area (Å²) < 4.78 is 0. The minimum Gasteiger partial charge on any atom is -0.328 e. The normalized spacial score (nSPS) is 25.7. The number of aryl methyl sites for hydroxylation is 1. The van der Waals surface area contributed by atoms with Crippen LogP contribution in [0.4, 0.5) is 0 Å². The van der Waals surface area contributed by atoms with E-state index in [-0.39, 0.29) is 17.7 Å². The maximum Gasteiger partial charge on any atom is 0.142 e. The van der Waals surface area contributed by atoms with Crippen LogP contribution in [0.1, 0.15) is 25.0 Å². The van der Waals surface area contributed by atoms with Crippen molar-refractivity contribution in [2.24, 2.45) is 18.7 Å². The zero-order chi connectivity index (χ0) is 10.8. The van der Waals surface area contributed by atoms with Gasteiger partial charge in [0.25, 0.3) is 0 Å². The summed E-state index contributed by atoms with van der Waals surface area (Å²) in [5, 5.41) is 8.03. The summed E-state index contributed by atoms with van der Waals surface area (Å²) in [6, 6.07) is 0.209. The Hall–Kier alpha value is -1.23. The van der Waals surface area contributed by atoms with E-state index in [1.54, 1.807) is 13.2 Å². The molecule has 15 heavy (non-hydrogen) atoms. The summed E-state index contributed by atoms with van der Waals surface area (Å²) in [6.45, 7) is 0. The van der Waals surface area contributed by atoms with Crippen LogP contribution in [0.25, 0.3) is 0 Å². The van der Waals surface area contributed by atoms with Gasteiger partial charge in [0.1, 0.15) is 5.78 Å². The fourth-order valence-corrected chi connectivity index (χ4v) is 2.10. The third-order valence-corrected chi connectivity index (χ3v) is 2.93. The average molecular weight is 208 g/mol. The van der Waals surface area contributed by atoms with Crippen LogP contribution < -0.4 is 5.73 Å². The van der Waals surface area contributed by atoms with Gasteiger partial charge in [-0.3, -0.25) is 4.79 Å². The first kappa shape index (κ1) is 10.3. The molecule has 1 aromatic rings. The van der Waals surface area contributed by atoms with Crippen molar-refractivity contribution in [2.45, 2.75) is 31.7 Å². The molecule has 0 spiro atoms. The number of aromatic nitrogens is 3. The van der Waals surface area contributed by atoms with Crippen LogP contribution in [0, 0.1) is 5.92 Å². The molecule has 2 N–H and O–H groups in total. The first-order valence-corrected chi connectivity index (χ1v) is 5.28. The molecule has 0 amide bonds. The Labute approximate surface area is 88.6 Å². The number of carbonyl (C=O) groups excluding carboxylic acids is 1. The van der Waals surface area contributed by atoms with Crippen molar-refractivity contribution in [2.75, 3.05) is 0 Å². The van der Waals surface area contributed by atoms with Crippen LogP contribution in [0.2, 0.25) is 0 Å². The monoisotopic (exact) mass is 208 g/mol. The van der Waals surface area contributed by atoms with Gasteiger partial charge in [-0.1, -0.05) is 0 Å². The molecule has 2 atom stereocenters. The molecule has 1 heterocycles. The molecule has 1 aliphatic carbocycles. The quantitative estimate of drug-likeness (QED) is 0.762. The largest absolute Gasteiger partial charge is 0.328 e. The fraction of sp³-hybridized carbons (Fsp3) is 0.700. The van der Waals surface area contributed by atoms with Crippen molar-refractivity contribution in [3.63, 3.8) is 0 Å². The van der Waals surface area contributed by atoms with E-state index in [1.165, 1.54) is 4.80 Å². The van der Waals surface area contributed by atoms with E-state index in [2.05, 4.69) is 10.2 Å². The number of carbonyl (C=O) groups is 1. The predicted molar refractivity (Wildman–Crippen MR) is 55.0 cm³/mol. The molecule has 2 rings (SSSR count). The topological polar surface area (TPSA) is 73.8 Å². The Kier molecular flexibility index (Phi) is 2.81. The summed E-state index contributed by atoms with van der Waals surface area (Å²) in [6.07, 6.45) is 4.77. The molecule has 5 heteroatoms. The van der Waals surface area contributed by atoms with Gasteiger partial charge in [0.15, 0.2) is 0 Å². The number of hydrogen-bond acceptors (Lipinski definition) is 4. The van der Waals surface area contributed by atoms with Crippen molar-refractivity contribution in [1.29, 1.82) is 0 Å². The first-order valence-electron chi connectivity index (χ1n) is 5.28. The van der Waals surface area contributed by atoms with Crippen molar-refractivity contribution >= 4 is 5.78 Å². The molecule has 0 bridgehead atoms. The third-order valence-electron chi connectivity index (χ3n) is 2.93. The Morgan fingerprint density at radius 3 is 3.00 bits per heavy atom. The molecule has 1 aromatic heterocycles. The molecule has 0 aliphatic heterocycles. The minimum atomic E-state index is 0.141. The van der Waals surface area contributed by atoms with Gasteiger partial charge in [-0.05, 0) is 19.3 Å². The van der Waals surface area contributed by atoms with Gasteiger partial charge >= 0.3 is 0 Å². The van der Waals surface area contributed by atoms with E-state index in [0.29, 0.717) is 6.42 Å². The SMILES string of the molecule is Cn1ncc(CC(=O)C2CCC(N)C2)n1. The van der Waals surface area contributed by atoms with E-state index in [1.807, 2.05) is 0 Å². The molecule has 0 saturated heterocycles. The highest BCUT2D eigenvalue weighted by molar-refractivity contribution is 5.83. The molecule has 82 valence electrons. The number of rotatable bonds is 3. The zero-order valence-electron chi connectivity index (χ0n) is 8.89. The molecular weight excluding hydrogens is 192 g/mol. The first-order chi connectivity index (χ1) is 7.15. The van der Waals surface area contributed by atoms with E-state index in [4.69, 9.17) is 5.73 Å². The lowest BCUT2D eigenvalue weighted by molar-refractivity contribution is -0.122. The standard InChI is InChI=1S/C10H16N4O/c1-14-12-6-9(13-14)5-10(15)7-2-3-8(11)4-7/h6-8H,2-5,11H2,1H3. The Morgan fingerprint density at radius 1 is 1.67 bits per heavy atom. The lowest BCUT2D eigenvalue weighted by Crippen LogP contribution is -2.19. The van der Waals surface area contributed by atoms with Crippen LogP contribution in [-0.2, 0) is 18.3 Å². The van der Waals surface area contributed by atoms with Crippen molar-refractivity contribution in [3.8, 4) is 0 Å². The number of hydrogen-bond donors (Lipinski definition) is 1. The number of Topliss-reactive ketones (excluding diaryl/α,β-unsaturated/α-hetero) is 1. The lowest BCUT2D eigenvalue weighted by atomic mass is 9.99. The molecule has 2 unspecified atom stereocenters. The van der Waals surface area contributed by atoms with Crippen molar-refractivity contribution in [1.82, 2.24) is 15.0 Å². The van der Waals surface area contributed by atoms with Crippen LogP contribution in [-0.4, -0.2) is 26.8 Å². The van der Waals surface area contributed by atoms with E-state index in [9.17, 15) is 4.79 Å². The van der Waals surface area contributed by atoms with Crippen molar-refractivity contribution in [3.05, 3.63) is 11.9 Å². The van der Waals surface area contributed by atoms with E-state index < -0.39 is 0 Å². The average Bonchev–Trinajstić information content (AvgIpc) is 2.75. The second kappa shape index (κ2) is 4.10. The molecular formula is C10H16N4O. The summed E-state index contributed by atoms with van der Waals surface area (Å²) >= 11 is 0. The number of nitrogens with two attached hydrogens (primary N) is 1. The molecule has 0 aromatic carbocycles. The highest BCUT2D eigenvalue weighted by Crippen LogP contribution is 2.25. The smallest absolute Gasteiger partial charge is 0.142 e. The maximum atomic E-state index is 11.8. The van der Waals surface area contributed by atoms with E-state index in [0.717, 1.165) is 25.0 Å². The summed E-state index contributed by atoms with van der Waals surface area (Å²) in [5.41, 5.74) is 6.53. The van der Waals surface area contributed by atoms with Crippen LogP contribution >= 0.6 is 0 Å². The summed E-state index contributed by atoms with van der Waals surface area (Å²) in [4.78, 5) is 13.3. The van der Waals surface area contributed by atoms with Gasteiger partial charge in [-0.15, -0.1) is 0 Å². The molecule has 1 fully saturated rings. The Bertz CT molecular complexity index is 360. The molecule has 1 aliphatic rings. The Balaban J connectivity index is 1.92. The number of ketones is 1. The van der Waals surface area contributed by atoms with Gasteiger partial charge in [0, 0.05) is 19.0 Å². The van der Waals surface area contributed by atoms with Gasteiger partial charge < -0.3 is 5.73 Å². The highest BCUT2D eigenvalue weighted by atomic mass is 16.1. The molecule has 5 nitrogen and oxygen atoms in total. The van der Waals surface area contributed by atoms with Crippen molar-refractivity contribution < 1.29 is 4.79 Å². The van der Waals surface area contributed by atoms with Crippen LogP contribution in [0.3, 0.4) is 0 Å². The predicted octanol–water partition coefficient (Wildman–Crippen LogP) is 0.0541. The fourth-order valence-electron chi connectivity index (χ4n) is 2.10. The summed E-state index contributed by atoms with van der Waals surface area (Å²) in [7, 11) is 1.75. The number of nitrogens with zero attached hydrogens (tertiary/aromatic N) is 3. The van der Waals surface area contributed by atoms with E-state index >= 15 is 0 Å². The van der Waals surface area contributed by atoms with Crippen LogP contribution in [0.15, 0.2) is 6.20 Å². The second-order valence-electron chi connectivity index (χ2n) is 4.24. The zero-order valence-corrected chi connectivity index (χ0v) is 8.89. The lowest BCUT2D eigenvalue weighted by Gasteiger charge is -2.06. The second-order valence-corrected chi connectivity index (χ2v) is 4.24. The Morgan fingerprint density at radius 2 is 2.47 bits per heavy atom. The van der Waals surface area contributed by atoms with Gasteiger partial charge in [0.2, 0.25) is 0 Å². The van der Waals surface area contributed by atoms with Gasteiger partial charge in [0.05, 0.1) is 18.3 Å². The third kappa shape index (κ3) is 2.41. The van der Waals surface area contributed by atoms with Gasteiger partial charge in [-0.25, -0.2) is 0 Å². The minimum absolute atomic E-state index is 0.141. The highest BCUT2D eigenvalue weighted by Gasteiger charge is 2.27. The molecule has 1 saturated carbocycles. The maximum absolute atomic E-state index is 11.8. The van der Waals surface area contributed by atoms with Crippen LogP contribution in [0.5, 0.6) is 0 Å².